The van der Waals surface area contributed by atoms with Gasteiger partial charge in [-0.05, 0) is 32.6 Å². The third-order valence-electron chi connectivity index (χ3n) is 3.12. The number of hydrogen-bond donors (Lipinski definition) is 3. The van der Waals surface area contributed by atoms with E-state index in [1.54, 1.807) is 13.8 Å². The summed E-state index contributed by atoms with van der Waals surface area (Å²) in [5.41, 5.74) is 4.48. The van der Waals surface area contributed by atoms with Crippen molar-refractivity contribution in [3.05, 3.63) is 0 Å². The fourth-order valence-corrected chi connectivity index (χ4v) is 1.67. The van der Waals surface area contributed by atoms with Crippen molar-refractivity contribution < 1.29 is 14.7 Å². The molecule has 1 saturated heterocycles. The first-order chi connectivity index (χ1) is 7.98. The van der Waals surface area contributed by atoms with E-state index in [1.807, 2.05) is 0 Å². The Bertz CT molecular complexity index is 296. The van der Waals surface area contributed by atoms with Crippen molar-refractivity contribution >= 4 is 11.7 Å². The minimum absolute atomic E-state index is 0.0881. The lowest BCUT2D eigenvalue weighted by atomic mass is 9.90. The van der Waals surface area contributed by atoms with E-state index in [0.717, 1.165) is 19.4 Å². The van der Waals surface area contributed by atoms with Crippen molar-refractivity contribution in [1.82, 2.24) is 5.32 Å². The van der Waals surface area contributed by atoms with Crippen LogP contribution < -0.4 is 11.1 Å². The number of ether oxygens (including phenoxy) is 1. The summed E-state index contributed by atoms with van der Waals surface area (Å²) in [6.45, 7) is 5.30. The van der Waals surface area contributed by atoms with Crippen LogP contribution in [0.4, 0.5) is 0 Å². The van der Waals surface area contributed by atoms with Gasteiger partial charge in [0.2, 0.25) is 5.91 Å². The average Bonchev–Trinajstić information content (AvgIpc) is 2.35. The van der Waals surface area contributed by atoms with E-state index in [2.05, 4.69) is 10.5 Å². The molecule has 1 amide bonds. The van der Waals surface area contributed by atoms with Crippen molar-refractivity contribution in [3.8, 4) is 0 Å². The first kappa shape index (κ1) is 13.8. The third kappa shape index (κ3) is 3.59. The van der Waals surface area contributed by atoms with E-state index in [4.69, 9.17) is 15.7 Å². The van der Waals surface area contributed by atoms with Gasteiger partial charge in [-0.1, -0.05) is 5.16 Å². The molecule has 0 aromatic rings. The van der Waals surface area contributed by atoms with Gasteiger partial charge in [0.25, 0.3) is 0 Å². The van der Waals surface area contributed by atoms with Crippen molar-refractivity contribution in [2.45, 2.75) is 26.7 Å². The summed E-state index contributed by atoms with van der Waals surface area (Å²) in [5.74, 6) is 0.0315. The van der Waals surface area contributed by atoms with Gasteiger partial charge in [0.1, 0.15) is 5.41 Å². The quantitative estimate of drug-likeness (QED) is 0.286. The van der Waals surface area contributed by atoms with E-state index in [-0.39, 0.29) is 11.7 Å². The molecule has 6 heteroatoms. The highest BCUT2D eigenvalue weighted by molar-refractivity contribution is 6.05. The lowest BCUT2D eigenvalue weighted by Gasteiger charge is -2.26. The van der Waals surface area contributed by atoms with E-state index in [1.165, 1.54) is 0 Å². The predicted octanol–water partition coefficient (Wildman–Crippen LogP) is 0.302. The number of hydrogen-bond acceptors (Lipinski definition) is 4. The van der Waals surface area contributed by atoms with Gasteiger partial charge in [-0.15, -0.1) is 0 Å². The molecule has 1 aliphatic heterocycles. The summed E-state index contributed by atoms with van der Waals surface area (Å²) in [6, 6.07) is 0. The third-order valence-corrected chi connectivity index (χ3v) is 3.12. The molecule has 0 saturated carbocycles. The Kier molecular flexibility index (Phi) is 4.74. The van der Waals surface area contributed by atoms with Crippen LogP contribution in [0.25, 0.3) is 0 Å². The zero-order valence-corrected chi connectivity index (χ0v) is 10.4. The number of carbonyl (C=O) groups is 1. The number of oxime groups is 1. The van der Waals surface area contributed by atoms with E-state index >= 15 is 0 Å². The molecule has 1 heterocycles. The molecular weight excluding hydrogens is 222 g/mol. The minimum atomic E-state index is -0.996. The molecule has 0 bridgehead atoms. The molecule has 0 aliphatic carbocycles. The van der Waals surface area contributed by atoms with Crippen LogP contribution in [0.2, 0.25) is 0 Å². The molecule has 6 nitrogen and oxygen atoms in total. The molecule has 1 unspecified atom stereocenters. The van der Waals surface area contributed by atoms with Crippen LogP contribution in [-0.2, 0) is 9.53 Å². The Hall–Kier alpha value is -1.30. The summed E-state index contributed by atoms with van der Waals surface area (Å²) < 4.78 is 5.33. The Labute approximate surface area is 101 Å². The van der Waals surface area contributed by atoms with Crippen LogP contribution >= 0.6 is 0 Å². The summed E-state index contributed by atoms with van der Waals surface area (Å²) in [4.78, 5) is 11.9. The van der Waals surface area contributed by atoms with Crippen LogP contribution in [0, 0.1) is 11.3 Å². The molecule has 0 spiro atoms. The van der Waals surface area contributed by atoms with Crippen LogP contribution in [0.1, 0.15) is 26.7 Å². The number of nitrogens with zero attached hydrogens (tertiary/aromatic N) is 1. The first-order valence-corrected chi connectivity index (χ1v) is 5.82. The second kappa shape index (κ2) is 5.86. The van der Waals surface area contributed by atoms with Gasteiger partial charge in [0, 0.05) is 13.2 Å². The highest BCUT2D eigenvalue weighted by Crippen LogP contribution is 2.17. The molecule has 1 fully saturated rings. The molecule has 1 rings (SSSR count). The lowest BCUT2D eigenvalue weighted by Crippen LogP contribution is -2.47. The van der Waals surface area contributed by atoms with Crippen molar-refractivity contribution in [3.63, 3.8) is 0 Å². The van der Waals surface area contributed by atoms with Gasteiger partial charge in [0.05, 0.1) is 6.61 Å². The fourth-order valence-electron chi connectivity index (χ4n) is 1.67. The molecular formula is C11H21N3O3. The lowest BCUT2D eigenvalue weighted by molar-refractivity contribution is -0.126. The highest BCUT2D eigenvalue weighted by Gasteiger charge is 2.33. The number of carbonyl (C=O) groups excluding carboxylic acids is 1. The number of rotatable bonds is 4. The van der Waals surface area contributed by atoms with Gasteiger partial charge < -0.3 is 21.0 Å². The van der Waals surface area contributed by atoms with Crippen LogP contribution in [0.3, 0.4) is 0 Å². The second-order valence-corrected chi connectivity index (χ2v) is 4.90. The van der Waals surface area contributed by atoms with Gasteiger partial charge in [-0.25, -0.2) is 0 Å². The molecule has 0 radical (unpaired) electrons. The molecule has 1 atom stereocenters. The van der Waals surface area contributed by atoms with Gasteiger partial charge in [-0.2, -0.15) is 0 Å². The zero-order chi connectivity index (χ0) is 12.9. The Morgan fingerprint density at radius 2 is 2.35 bits per heavy atom. The highest BCUT2D eigenvalue weighted by atomic mass is 16.5. The molecule has 98 valence electrons. The normalized spacial score (nSPS) is 22.2. The molecule has 17 heavy (non-hydrogen) atoms. The first-order valence-electron chi connectivity index (χ1n) is 5.82. The maximum absolute atomic E-state index is 11.9. The van der Waals surface area contributed by atoms with Gasteiger partial charge in [0.15, 0.2) is 5.84 Å². The fraction of sp³-hybridized carbons (Fsp3) is 0.818. The molecule has 0 aromatic carbocycles. The van der Waals surface area contributed by atoms with Gasteiger partial charge in [-0.3, -0.25) is 4.79 Å². The Morgan fingerprint density at radius 1 is 1.65 bits per heavy atom. The Balaban J connectivity index is 2.43. The topological polar surface area (TPSA) is 96.9 Å². The molecule has 4 N–H and O–H groups in total. The predicted molar refractivity (Wildman–Crippen MR) is 63.7 cm³/mol. The smallest absolute Gasteiger partial charge is 0.233 e. The zero-order valence-electron chi connectivity index (χ0n) is 10.4. The molecule has 0 aromatic heterocycles. The standard InChI is InChI=1S/C11H21N3O3/c1-11(2,9(12)14-16)10(15)13-6-8-4-3-5-17-7-8/h8,16H,3-7H2,1-2H3,(H2,12,14)(H,13,15). The number of amidine groups is 1. The largest absolute Gasteiger partial charge is 0.409 e. The second-order valence-electron chi connectivity index (χ2n) is 4.90. The van der Waals surface area contributed by atoms with E-state index in [9.17, 15) is 4.79 Å². The molecule has 1 aliphatic rings. The summed E-state index contributed by atoms with van der Waals surface area (Å²) >= 11 is 0. The number of nitrogens with one attached hydrogen (secondary N) is 1. The number of nitrogens with two attached hydrogens (primary N) is 1. The van der Waals surface area contributed by atoms with Crippen molar-refractivity contribution in [2.24, 2.45) is 22.2 Å². The Morgan fingerprint density at radius 3 is 2.88 bits per heavy atom. The average molecular weight is 243 g/mol. The summed E-state index contributed by atoms with van der Waals surface area (Å²) in [5, 5.41) is 14.3. The minimum Gasteiger partial charge on any atom is -0.409 e. The summed E-state index contributed by atoms with van der Waals surface area (Å²) in [6.07, 6.45) is 2.09. The van der Waals surface area contributed by atoms with Crippen LogP contribution in [0.15, 0.2) is 5.16 Å². The van der Waals surface area contributed by atoms with Crippen molar-refractivity contribution in [1.29, 1.82) is 0 Å². The van der Waals surface area contributed by atoms with E-state index in [0.29, 0.717) is 19.1 Å². The monoisotopic (exact) mass is 243 g/mol. The van der Waals surface area contributed by atoms with Crippen molar-refractivity contribution in [2.75, 3.05) is 19.8 Å². The summed E-state index contributed by atoms with van der Waals surface area (Å²) in [7, 11) is 0. The maximum atomic E-state index is 11.9. The number of amides is 1. The van der Waals surface area contributed by atoms with Gasteiger partial charge >= 0.3 is 0 Å². The SMILES string of the molecule is CC(C)(C(=O)NCC1CCCOC1)C(N)=NO. The maximum Gasteiger partial charge on any atom is 0.233 e. The van der Waals surface area contributed by atoms with Crippen LogP contribution in [-0.4, -0.2) is 36.7 Å². The van der Waals surface area contributed by atoms with Crippen LogP contribution in [0.5, 0.6) is 0 Å². The van der Waals surface area contributed by atoms with E-state index < -0.39 is 5.41 Å².